The number of carbonyl (C=O) groups is 1. The third-order valence-electron chi connectivity index (χ3n) is 4.19. The zero-order valence-corrected chi connectivity index (χ0v) is 15.3. The largest absolute Gasteiger partial charge is 0.368 e. The van der Waals surface area contributed by atoms with Crippen molar-refractivity contribution in [3.63, 3.8) is 0 Å². The number of nitrogens with zero attached hydrogens (tertiary/aromatic N) is 2. The van der Waals surface area contributed by atoms with Crippen molar-refractivity contribution in [1.29, 1.82) is 0 Å². The van der Waals surface area contributed by atoms with Gasteiger partial charge >= 0.3 is 0 Å². The van der Waals surface area contributed by atoms with Crippen LogP contribution in [0.2, 0.25) is 0 Å². The van der Waals surface area contributed by atoms with Crippen LogP contribution in [0.4, 0.5) is 5.69 Å². The van der Waals surface area contributed by atoms with Crippen LogP contribution in [0.3, 0.4) is 0 Å². The van der Waals surface area contributed by atoms with E-state index in [9.17, 15) is 4.79 Å². The first-order chi connectivity index (χ1) is 10.8. The van der Waals surface area contributed by atoms with Crippen molar-refractivity contribution in [3.8, 4) is 11.2 Å². The van der Waals surface area contributed by atoms with E-state index in [0.29, 0.717) is 5.91 Å². The molecule has 1 aliphatic carbocycles. The number of amides is 1. The molecule has 0 N–H and O–H groups in total. The summed E-state index contributed by atoms with van der Waals surface area (Å²) >= 11 is 2.19. The van der Waals surface area contributed by atoms with Gasteiger partial charge in [0.15, 0.2) is 0 Å². The summed E-state index contributed by atoms with van der Waals surface area (Å²) in [4.78, 5) is 16.9. The zero-order valence-electron chi connectivity index (χ0n) is 12.4. The maximum atomic E-state index is 12.6. The lowest BCUT2D eigenvalue weighted by atomic mass is 10.2. The van der Waals surface area contributed by atoms with E-state index in [2.05, 4.69) is 61.5 Å². The maximum absolute atomic E-state index is 12.6. The Morgan fingerprint density at radius 2 is 2.00 bits per heavy atom. The molecule has 1 aromatic carbocycles. The van der Waals surface area contributed by atoms with E-state index >= 15 is 0 Å². The van der Waals surface area contributed by atoms with Crippen LogP contribution in [0.25, 0.3) is 0 Å². The fourth-order valence-electron chi connectivity index (χ4n) is 2.90. The van der Waals surface area contributed by atoms with Gasteiger partial charge in [-0.25, -0.2) is 0 Å². The Labute approximate surface area is 148 Å². The van der Waals surface area contributed by atoms with Crippen LogP contribution in [0.5, 0.6) is 0 Å². The Morgan fingerprint density at radius 1 is 1.23 bits per heavy atom. The molecule has 1 heterocycles. The highest BCUT2D eigenvalue weighted by Gasteiger charge is 2.37. The molecule has 3 rings (SSSR count). The lowest BCUT2D eigenvalue weighted by Crippen LogP contribution is -2.44. The normalized spacial score (nSPS) is 21.8. The number of rotatable bonds is 2. The number of benzene rings is 1. The van der Waals surface area contributed by atoms with Crippen LogP contribution >= 0.6 is 30.1 Å². The van der Waals surface area contributed by atoms with Crippen LogP contribution in [-0.2, 0) is 4.79 Å². The van der Waals surface area contributed by atoms with Crippen LogP contribution in [-0.4, -0.2) is 36.5 Å². The Kier molecular flexibility index (Phi) is 5.53. The predicted molar refractivity (Wildman–Crippen MR) is 101 cm³/mol. The fourth-order valence-corrected chi connectivity index (χ4v) is 3.46. The summed E-state index contributed by atoms with van der Waals surface area (Å²) in [5.74, 6) is 3.87. The summed E-state index contributed by atoms with van der Waals surface area (Å²) in [5.41, 5.74) is 1.22. The predicted octanol–water partition coefficient (Wildman–Crippen LogP) is 3.55. The summed E-state index contributed by atoms with van der Waals surface area (Å²) < 4.78 is 0. The van der Waals surface area contributed by atoms with E-state index in [1.165, 1.54) is 14.6 Å². The van der Waals surface area contributed by atoms with E-state index in [4.69, 9.17) is 0 Å². The number of halogens is 1. The van der Waals surface area contributed by atoms with Gasteiger partial charge in [-0.1, -0.05) is 24.1 Å². The SMILES string of the molecule is O=C(C1CC1)N1CCCN(c2ccccc2)CC1C#CSI. The van der Waals surface area contributed by atoms with Crippen molar-refractivity contribution in [2.24, 2.45) is 5.92 Å². The molecular weight excluding hydrogens is 407 g/mol. The average Bonchev–Trinajstić information content (AvgIpc) is 3.39. The van der Waals surface area contributed by atoms with E-state index < -0.39 is 0 Å². The van der Waals surface area contributed by atoms with Crippen LogP contribution in [0.15, 0.2) is 30.3 Å². The van der Waals surface area contributed by atoms with Gasteiger partial charge in [0.2, 0.25) is 5.91 Å². The molecule has 1 unspecified atom stereocenters. The molecule has 1 saturated heterocycles. The van der Waals surface area contributed by atoms with Crippen LogP contribution < -0.4 is 4.90 Å². The maximum Gasteiger partial charge on any atom is 0.226 e. The van der Waals surface area contributed by atoms with Gasteiger partial charge in [-0.3, -0.25) is 4.79 Å². The number of para-hydroxylation sites is 1. The number of hydrogen-bond acceptors (Lipinski definition) is 3. The number of anilines is 1. The summed E-state index contributed by atoms with van der Waals surface area (Å²) in [6, 6.07) is 10.4. The molecule has 22 heavy (non-hydrogen) atoms. The summed E-state index contributed by atoms with van der Waals surface area (Å²) in [6.45, 7) is 2.60. The smallest absolute Gasteiger partial charge is 0.226 e. The first-order valence-electron chi connectivity index (χ1n) is 7.68. The summed E-state index contributed by atoms with van der Waals surface area (Å²) in [7, 11) is 1.49. The molecule has 1 aromatic rings. The van der Waals surface area contributed by atoms with Crippen molar-refractivity contribution >= 4 is 41.7 Å². The third-order valence-corrected chi connectivity index (χ3v) is 5.05. The average molecular weight is 426 g/mol. The molecule has 0 aromatic heterocycles. The molecule has 3 nitrogen and oxygen atoms in total. The molecule has 5 heteroatoms. The highest BCUT2D eigenvalue weighted by atomic mass is 127. The number of carbonyl (C=O) groups excluding carboxylic acids is 1. The zero-order chi connectivity index (χ0) is 15.4. The Hall–Kier alpha value is -0.870. The molecule has 1 saturated carbocycles. The molecule has 116 valence electrons. The molecule has 1 aliphatic heterocycles. The van der Waals surface area contributed by atoms with E-state index in [1.54, 1.807) is 0 Å². The fraction of sp³-hybridized carbons (Fsp3) is 0.471. The molecule has 1 amide bonds. The summed E-state index contributed by atoms with van der Waals surface area (Å²) in [6.07, 6.45) is 3.11. The van der Waals surface area contributed by atoms with Gasteiger partial charge in [0, 0.05) is 52.4 Å². The highest BCUT2D eigenvalue weighted by Crippen LogP contribution is 2.32. The van der Waals surface area contributed by atoms with E-state index in [-0.39, 0.29) is 12.0 Å². The number of hydrogen-bond donors (Lipinski definition) is 0. The van der Waals surface area contributed by atoms with E-state index in [0.717, 1.165) is 38.9 Å². The van der Waals surface area contributed by atoms with Crippen molar-refractivity contribution in [1.82, 2.24) is 4.90 Å². The second-order valence-electron chi connectivity index (χ2n) is 5.78. The van der Waals surface area contributed by atoms with Gasteiger partial charge in [-0.05, 0) is 45.6 Å². The standard InChI is InChI=1S/C17H19IN2OS/c18-22-12-9-16-13-19(15-5-2-1-3-6-15)10-4-11-20(16)17(21)14-7-8-14/h1-3,5-6,14,16H,4,7-8,10-11,13H2. The molecule has 0 radical (unpaired) electrons. The topological polar surface area (TPSA) is 23.6 Å². The molecular formula is C17H19IN2OS. The molecule has 2 aliphatic rings. The minimum atomic E-state index is -0.00179. The van der Waals surface area contributed by atoms with Gasteiger partial charge in [0.1, 0.15) is 6.04 Å². The van der Waals surface area contributed by atoms with Crippen LogP contribution in [0, 0.1) is 17.1 Å². The lowest BCUT2D eigenvalue weighted by Gasteiger charge is -2.29. The third kappa shape index (κ3) is 3.90. The molecule has 2 fully saturated rings. The second-order valence-corrected chi connectivity index (χ2v) is 7.46. The quantitative estimate of drug-likeness (QED) is 0.534. The van der Waals surface area contributed by atoms with Gasteiger partial charge < -0.3 is 9.80 Å². The summed E-state index contributed by atoms with van der Waals surface area (Å²) in [5, 5.41) is 3.09. The van der Waals surface area contributed by atoms with Crippen molar-refractivity contribution in [2.75, 3.05) is 24.5 Å². The van der Waals surface area contributed by atoms with E-state index in [1.807, 2.05) is 11.0 Å². The highest BCUT2D eigenvalue weighted by molar-refractivity contribution is 14.2. The molecule has 0 bridgehead atoms. The molecule has 0 spiro atoms. The Morgan fingerprint density at radius 3 is 2.68 bits per heavy atom. The van der Waals surface area contributed by atoms with Crippen molar-refractivity contribution in [2.45, 2.75) is 25.3 Å². The second kappa shape index (κ2) is 7.60. The van der Waals surface area contributed by atoms with Gasteiger partial charge in [-0.15, -0.1) is 0 Å². The van der Waals surface area contributed by atoms with Crippen molar-refractivity contribution < 1.29 is 4.79 Å². The monoisotopic (exact) mass is 426 g/mol. The Balaban J connectivity index is 1.80. The Bertz CT molecular complexity index is 579. The first kappa shape index (κ1) is 16.0. The minimum Gasteiger partial charge on any atom is -0.368 e. The lowest BCUT2D eigenvalue weighted by molar-refractivity contribution is -0.133. The molecule has 1 atom stereocenters. The van der Waals surface area contributed by atoms with Crippen LogP contribution in [0.1, 0.15) is 19.3 Å². The van der Waals surface area contributed by atoms with Gasteiger partial charge in [0.05, 0.1) is 0 Å². The van der Waals surface area contributed by atoms with Crippen molar-refractivity contribution in [3.05, 3.63) is 30.3 Å². The minimum absolute atomic E-state index is 0.00179. The first-order valence-corrected chi connectivity index (χ1v) is 11.0. The van der Waals surface area contributed by atoms with Gasteiger partial charge in [-0.2, -0.15) is 0 Å². The van der Waals surface area contributed by atoms with Gasteiger partial charge in [0.25, 0.3) is 0 Å².